The molecule has 0 amide bonds. The van der Waals surface area contributed by atoms with E-state index in [0.29, 0.717) is 35.5 Å². The fourth-order valence-electron chi connectivity index (χ4n) is 9.45. The van der Waals surface area contributed by atoms with Crippen LogP contribution in [0.1, 0.15) is 109 Å². The molecule has 6 fully saturated rings. The number of rotatable bonds is 6. The molecule has 2 saturated heterocycles. The molecule has 2 unspecified atom stereocenters. The Balaban J connectivity index is 0.000000172. The molecule has 6 aliphatic rings. The summed E-state index contributed by atoms with van der Waals surface area (Å²) < 4.78 is 74.6. The van der Waals surface area contributed by atoms with Gasteiger partial charge in [0.25, 0.3) is 0 Å². The summed E-state index contributed by atoms with van der Waals surface area (Å²) in [6.07, 6.45) is 10.8. The third-order valence-corrected chi connectivity index (χ3v) is 13.9. The van der Waals surface area contributed by atoms with Crippen LogP contribution in [-0.2, 0) is 4.65 Å². The molecule has 2 atom stereocenters. The normalized spacial score (nSPS) is 21.1. The summed E-state index contributed by atoms with van der Waals surface area (Å²) in [5.41, 5.74) is 13.9. The summed E-state index contributed by atoms with van der Waals surface area (Å²) >= 11 is 0. The SMILES string of the molecule is CC1CNCC12CC2.Cc1c(F)c(F)c([NH-])c2c(=O)c(C(=O)OB(F)F)cn(C3CC3)c12.Cc1c(N2CC(C)C3(CC3)C2)c(F)c([NH-])c2c(=O)c(C(=O)O)cn(C3CC3)c12.[Ac].[Ac]. The maximum Gasteiger partial charge on any atom is 0.798 e. The van der Waals surface area contributed by atoms with Crippen molar-refractivity contribution in [3.63, 3.8) is 0 Å². The van der Waals surface area contributed by atoms with Crippen LogP contribution in [0.4, 0.5) is 38.9 Å². The van der Waals surface area contributed by atoms with Gasteiger partial charge in [-0.1, -0.05) is 25.2 Å². The molecule has 20 heteroatoms. The number of hydrogen-bond acceptors (Lipinski definition) is 7. The molecule has 2 aliphatic heterocycles. The number of halogens is 5. The molecule has 4 saturated carbocycles. The molecule has 2 aromatic carbocycles. The molecule has 4 heterocycles. The van der Waals surface area contributed by atoms with E-state index in [1.807, 2.05) is 4.90 Å². The number of nitrogens with zero attached hydrogens (tertiary/aromatic N) is 3. The van der Waals surface area contributed by atoms with Crippen LogP contribution in [0.25, 0.3) is 33.3 Å². The second kappa shape index (κ2) is 18.2. The van der Waals surface area contributed by atoms with Gasteiger partial charge in [0.1, 0.15) is 22.8 Å². The Labute approximate surface area is 426 Å². The van der Waals surface area contributed by atoms with E-state index in [2.05, 4.69) is 23.8 Å². The zero-order chi connectivity index (χ0) is 43.3. The number of carboxylic acids is 1. The molecule has 0 bridgehead atoms. The average molecular weight is 1290 g/mol. The third kappa shape index (κ3) is 8.76. The average Bonchev–Trinajstić information content (AvgIpc) is 3.99. The molecule has 4 aliphatic carbocycles. The van der Waals surface area contributed by atoms with Crippen molar-refractivity contribution < 1.29 is 129 Å². The number of benzene rings is 2. The van der Waals surface area contributed by atoms with Crippen molar-refractivity contribution >= 4 is 58.3 Å². The van der Waals surface area contributed by atoms with Crippen LogP contribution in [0.2, 0.25) is 0 Å². The van der Waals surface area contributed by atoms with Crippen LogP contribution in [0.15, 0.2) is 22.0 Å². The second-order valence-corrected chi connectivity index (χ2v) is 17.8. The number of carbonyl (C=O) groups excluding carboxylic acids is 1. The number of pyridine rings is 2. The molecule has 2 spiro atoms. The van der Waals surface area contributed by atoms with E-state index in [1.54, 1.807) is 11.5 Å². The largest absolute Gasteiger partial charge is 0.798 e. The molecule has 4 N–H and O–H groups in total. The molecule has 4 aromatic rings. The molecule has 62 heavy (non-hydrogen) atoms. The number of aromatic nitrogens is 2. The predicted octanol–water partition coefficient (Wildman–Crippen LogP) is 9.10. The van der Waals surface area contributed by atoms with Gasteiger partial charge in [-0.25, -0.2) is 31.4 Å². The molecule has 10 rings (SSSR count). The molecule has 12 nitrogen and oxygen atoms in total. The van der Waals surface area contributed by atoms with Gasteiger partial charge in [-0.2, -0.15) is 0 Å². The number of aromatic carboxylic acids is 1. The zero-order valence-electron chi connectivity index (χ0n) is 34.9. The van der Waals surface area contributed by atoms with Gasteiger partial charge >= 0.3 is 19.4 Å². The standard InChI is InChI=1S/C21H24FN3O3.C14H11BF4N2O3.C7H13N.2Ac/c1-10-7-24(9-21(10)5-6-21)18-11(2)17-14(16(23)15(18)22)19(26)13(20(27)28)8-25(17)12-3-4-12;1-5-9(16)10(17)11(20)8-12(5)21(6-2-3-6)4-7(13(8)22)14(23)24-15(18)19;1-6-4-8-5-7(6)2-3-7;;/h8,10,12H,3-7,9H2,1-2H3,(H3,23,26,27,28);4,6H,2-3H2,1H3,(H2,20,22);6,8H,2-5H2,1H3;;/p-2. The Morgan fingerprint density at radius 1 is 0.790 bits per heavy atom. The Hall–Kier alpha value is -2.24. The Bertz CT molecular complexity index is 2610. The minimum Gasteiger partial charge on any atom is -0.696 e. The van der Waals surface area contributed by atoms with Crippen LogP contribution >= 0.6 is 0 Å². The van der Waals surface area contributed by atoms with Crippen molar-refractivity contribution in [1.29, 1.82) is 0 Å². The van der Waals surface area contributed by atoms with Gasteiger partial charge < -0.3 is 40.6 Å². The minimum absolute atomic E-state index is 0. The topological polar surface area (TPSA) is 170 Å². The van der Waals surface area contributed by atoms with E-state index in [-0.39, 0.29) is 122 Å². The number of hydrogen-bond donors (Lipinski definition) is 2. The van der Waals surface area contributed by atoms with Gasteiger partial charge in [0.2, 0.25) is 10.9 Å². The van der Waals surface area contributed by atoms with Crippen molar-refractivity contribution in [3.8, 4) is 0 Å². The Morgan fingerprint density at radius 2 is 1.29 bits per heavy atom. The number of aryl methyl sites for hydroxylation is 2. The number of nitrogens with one attached hydrogen (secondary N) is 3. The Morgan fingerprint density at radius 3 is 1.73 bits per heavy atom. The van der Waals surface area contributed by atoms with Crippen LogP contribution in [0, 0.1) is 142 Å². The first-order chi connectivity index (χ1) is 28.3. The maximum atomic E-state index is 15.4. The van der Waals surface area contributed by atoms with E-state index in [0.717, 1.165) is 56.3 Å². The van der Waals surface area contributed by atoms with Crippen molar-refractivity contribution in [2.24, 2.45) is 22.7 Å². The predicted molar refractivity (Wildman–Crippen MR) is 217 cm³/mol. The maximum absolute atomic E-state index is 15.4. The van der Waals surface area contributed by atoms with E-state index in [9.17, 15) is 41.7 Å². The minimum atomic E-state index is -3.43. The zero-order valence-corrected chi connectivity index (χ0v) is 44.4. The van der Waals surface area contributed by atoms with Gasteiger partial charge in [-0.3, -0.25) is 9.59 Å². The summed E-state index contributed by atoms with van der Waals surface area (Å²) in [5, 5.41) is 12.2. The number of anilines is 1. The molecule has 2 aromatic heterocycles. The summed E-state index contributed by atoms with van der Waals surface area (Å²) in [5.74, 6) is -4.99. The summed E-state index contributed by atoms with van der Waals surface area (Å²) in [6.45, 7) is 11.7. The first-order valence-electron chi connectivity index (χ1n) is 20.4. The third-order valence-electron chi connectivity index (χ3n) is 13.9. The fourth-order valence-corrected chi connectivity index (χ4v) is 9.45. The second-order valence-electron chi connectivity index (χ2n) is 17.8. The molecule has 2 radical (unpaired) electrons. The van der Waals surface area contributed by atoms with Crippen molar-refractivity contribution in [1.82, 2.24) is 14.5 Å². The molecular weight excluding hydrogens is 1240 g/mol. The van der Waals surface area contributed by atoms with Crippen molar-refractivity contribution in [2.45, 2.75) is 91.1 Å². The van der Waals surface area contributed by atoms with Gasteiger partial charge in [0, 0.05) is 149 Å². The number of fused-ring (bicyclic) bond motifs is 2. The van der Waals surface area contributed by atoms with Crippen molar-refractivity contribution in [2.75, 3.05) is 31.1 Å². The van der Waals surface area contributed by atoms with Gasteiger partial charge in [0.05, 0.1) is 16.7 Å². The first kappa shape index (κ1) is 49.2. The van der Waals surface area contributed by atoms with Gasteiger partial charge in [-0.15, -0.1) is 0 Å². The summed E-state index contributed by atoms with van der Waals surface area (Å²) in [6, 6.07) is -0.0842. The number of carbonyl (C=O) groups is 2. The van der Waals surface area contributed by atoms with Crippen LogP contribution in [0.3, 0.4) is 0 Å². The number of carboxylic acid groups (broad SMARTS) is 1. The van der Waals surface area contributed by atoms with Crippen molar-refractivity contribution in [3.05, 3.63) is 84.0 Å². The smallest absolute Gasteiger partial charge is 0.696 e. The molecular formula is C42H46Ac2BF5N6O6-2. The quantitative estimate of drug-likeness (QED) is 0.142. The van der Waals surface area contributed by atoms with E-state index >= 15 is 4.39 Å². The van der Waals surface area contributed by atoms with Gasteiger partial charge in [0.15, 0.2) is 5.82 Å². The summed E-state index contributed by atoms with van der Waals surface area (Å²) in [4.78, 5) is 50.5. The fraction of sp³-hybridized carbons (Fsp3) is 0.524. The first-order valence-corrected chi connectivity index (χ1v) is 20.4. The van der Waals surface area contributed by atoms with Gasteiger partial charge in [-0.05, 0) is 100.0 Å². The summed E-state index contributed by atoms with van der Waals surface area (Å²) in [7, 11) is -3.43. The molecule has 326 valence electrons. The Kier molecular flexibility index (Phi) is 14.4. The van der Waals surface area contributed by atoms with E-state index < -0.39 is 75.6 Å². The van der Waals surface area contributed by atoms with Crippen LogP contribution in [0.5, 0.6) is 0 Å². The van der Waals surface area contributed by atoms with E-state index in [1.165, 1.54) is 43.6 Å². The van der Waals surface area contributed by atoms with Crippen LogP contribution < -0.4 is 21.1 Å². The monoisotopic (exact) mass is 1290 g/mol. The van der Waals surface area contributed by atoms with Crippen LogP contribution in [-0.4, -0.2) is 59.8 Å². The van der Waals surface area contributed by atoms with E-state index in [4.69, 9.17) is 11.5 Å².